The molecular weight excluding hydrogens is 226 g/mol. The van der Waals surface area contributed by atoms with Crippen LogP contribution in [0.2, 0.25) is 0 Å². The molecule has 2 fully saturated rings. The standard InChI is InChI=1S/C9H13BrF2/c10-6-8(2-1-3-8)4-7-5-9(7,11)12/h7H,1-6H2. The fraction of sp³-hybridized carbons (Fsp3) is 1.00. The van der Waals surface area contributed by atoms with Crippen molar-refractivity contribution >= 4 is 15.9 Å². The van der Waals surface area contributed by atoms with Gasteiger partial charge in [-0.25, -0.2) is 8.78 Å². The third kappa shape index (κ3) is 1.40. The van der Waals surface area contributed by atoms with E-state index in [-0.39, 0.29) is 17.8 Å². The highest BCUT2D eigenvalue weighted by Gasteiger charge is 2.59. The van der Waals surface area contributed by atoms with Crippen molar-refractivity contribution in [1.82, 2.24) is 0 Å². The van der Waals surface area contributed by atoms with Gasteiger partial charge < -0.3 is 0 Å². The van der Waals surface area contributed by atoms with Crippen LogP contribution in [0.3, 0.4) is 0 Å². The summed E-state index contributed by atoms with van der Waals surface area (Å²) in [6, 6.07) is 0. The van der Waals surface area contributed by atoms with Crippen molar-refractivity contribution in [2.75, 3.05) is 5.33 Å². The predicted octanol–water partition coefficient (Wildman–Crippen LogP) is 3.60. The molecule has 2 rings (SSSR count). The first-order chi connectivity index (χ1) is 5.58. The molecule has 0 amide bonds. The Balaban J connectivity index is 1.86. The Bertz CT molecular complexity index is 181. The summed E-state index contributed by atoms with van der Waals surface area (Å²) in [5.41, 5.74) is 0.241. The zero-order chi connectivity index (χ0) is 8.82. The fourth-order valence-electron chi connectivity index (χ4n) is 2.08. The second kappa shape index (κ2) is 2.66. The normalized spacial score (nSPS) is 35.8. The summed E-state index contributed by atoms with van der Waals surface area (Å²) in [6.45, 7) is 0. The first-order valence-electron chi connectivity index (χ1n) is 4.52. The summed E-state index contributed by atoms with van der Waals surface area (Å²) in [5, 5.41) is 0.909. The van der Waals surface area contributed by atoms with Gasteiger partial charge in [-0.2, -0.15) is 0 Å². The molecule has 0 aromatic heterocycles. The van der Waals surface area contributed by atoms with Crippen molar-refractivity contribution in [2.45, 2.75) is 38.0 Å². The number of rotatable bonds is 3. The van der Waals surface area contributed by atoms with Crippen LogP contribution < -0.4 is 0 Å². The molecule has 1 atom stereocenters. The molecule has 0 aromatic rings. The van der Waals surface area contributed by atoms with Gasteiger partial charge in [-0.3, -0.25) is 0 Å². The molecule has 0 aromatic carbocycles. The van der Waals surface area contributed by atoms with Gasteiger partial charge in [-0.15, -0.1) is 0 Å². The number of alkyl halides is 3. The SMILES string of the molecule is FC1(F)CC1CC1(CBr)CCC1. The molecule has 0 nitrogen and oxygen atoms in total. The van der Waals surface area contributed by atoms with Crippen molar-refractivity contribution in [3.05, 3.63) is 0 Å². The molecule has 0 N–H and O–H groups in total. The lowest BCUT2D eigenvalue weighted by Crippen LogP contribution is -2.32. The van der Waals surface area contributed by atoms with Crippen LogP contribution in [0.4, 0.5) is 8.78 Å². The third-order valence-electron chi connectivity index (χ3n) is 3.33. The van der Waals surface area contributed by atoms with Crippen LogP contribution >= 0.6 is 15.9 Å². The first-order valence-corrected chi connectivity index (χ1v) is 5.64. The van der Waals surface area contributed by atoms with Gasteiger partial charge >= 0.3 is 0 Å². The molecule has 0 saturated heterocycles. The van der Waals surface area contributed by atoms with Crippen molar-refractivity contribution in [3.8, 4) is 0 Å². The molecule has 2 aliphatic rings. The highest BCUT2D eigenvalue weighted by molar-refractivity contribution is 9.09. The van der Waals surface area contributed by atoms with Crippen LogP contribution in [0, 0.1) is 11.3 Å². The maximum Gasteiger partial charge on any atom is 0.251 e. The van der Waals surface area contributed by atoms with E-state index in [4.69, 9.17) is 0 Å². The highest BCUT2D eigenvalue weighted by atomic mass is 79.9. The second-order valence-corrected chi connectivity index (χ2v) is 4.91. The topological polar surface area (TPSA) is 0 Å². The van der Waals surface area contributed by atoms with E-state index >= 15 is 0 Å². The van der Waals surface area contributed by atoms with Crippen LogP contribution in [0.25, 0.3) is 0 Å². The average molecular weight is 239 g/mol. The van der Waals surface area contributed by atoms with E-state index < -0.39 is 5.92 Å². The van der Waals surface area contributed by atoms with Crippen molar-refractivity contribution < 1.29 is 8.78 Å². The number of halogens is 3. The maximum atomic E-state index is 12.6. The summed E-state index contributed by atoms with van der Waals surface area (Å²) in [7, 11) is 0. The smallest absolute Gasteiger partial charge is 0.207 e. The Morgan fingerprint density at radius 2 is 1.92 bits per heavy atom. The maximum absolute atomic E-state index is 12.6. The second-order valence-electron chi connectivity index (χ2n) is 4.35. The van der Waals surface area contributed by atoms with Gasteiger partial charge in [-0.05, 0) is 24.7 Å². The van der Waals surface area contributed by atoms with Crippen LogP contribution in [-0.4, -0.2) is 11.3 Å². The van der Waals surface area contributed by atoms with E-state index in [9.17, 15) is 8.78 Å². The average Bonchev–Trinajstić information content (AvgIpc) is 2.50. The zero-order valence-electron chi connectivity index (χ0n) is 6.95. The van der Waals surface area contributed by atoms with E-state index in [1.807, 2.05) is 0 Å². The molecule has 0 heterocycles. The minimum Gasteiger partial charge on any atom is -0.207 e. The largest absolute Gasteiger partial charge is 0.251 e. The summed E-state index contributed by atoms with van der Waals surface area (Å²) in [5.74, 6) is -2.61. The van der Waals surface area contributed by atoms with Crippen LogP contribution in [0.1, 0.15) is 32.1 Å². The highest BCUT2D eigenvalue weighted by Crippen LogP contribution is 2.58. The minimum atomic E-state index is -2.31. The Morgan fingerprint density at radius 1 is 1.33 bits per heavy atom. The molecule has 2 saturated carbocycles. The van der Waals surface area contributed by atoms with Crippen LogP contribution in [0.15, 0.2) is 0 Å². The van der Waals surface area contributed by atoms with Gasteiger partial charge in [0.2, 0.25) is 0 Å². The van der Waals surface area contributed by atoms with Crippen molar-refractivity contribution in [2.24, 2.45) is 11.3 Å². The Labute approximate surface area is 79.8 Å². The quantitative estimate of drug-likeness (QED) is 0.660. The molecule has 3 heteroatoms. The fourth-order valence-corrected chi connectivity index (χ4v) is 2.87. The van der Waals surface area contributed by atoms with Crippen molar-refractivity contribution in [1.29, 1.82) is 0 Å². The zero-order valence-corrected chi connectivity index (χ0v) is 8.54. The van der Waals surface area contributed by atoms with E-state index in [1.54, 1.807) is 0 Å². The van der Waals surface area contributed by atoms with E-state index in [1.165, 1.54) is 6.42 Å². The van der Waals surface area contributed by atoms with Gasteiger partial charge in [0.15, 0.2) is 0 Å². The van der Waals surface area contributed by atoms with Crippen LogP contribution in [-0.2, 0) is 0 Å². The van der Waals surface area contributed by atoms with Gasteiger partial charge in [-0.1, -0.05) is 22.4 Å². The lowest BCUT2D eigenvalue weighted by Gasteiger charge is -2.40. The molecule has 0 spiro atoms. The molecule has 1 unspecified atom stereocenters. The summed E-state index contributed by atoms with van der Waals surface area (Å²) in [6.07, 6.45) is 4.40. The minimum absolute atomic E-state index is 0.141. The monoisotopic (exact) mass is 238 g/mol. The van der Waals surface area contributed by atoms with Gasteiger partial charge in [0, 0.05) is 17.7 Å². The Kier molecular flexibility index (Phi) is 1.98. The number of hydrogen-bond acceptors (Lipinski definition) is 0. The Hall–Kier alpha value is 0.340. The van der Waals surface area contributed by atoms with Crippen molar-refractivity contribution in [3.63, 3.8) is 0 Å². The summed E-state index contributed by atoms with van der Waals surface area (Å²) in [4.78, 5) is 0. The molecule has 0 aliphatic heterocycles. The summed E-state index contributed by atoms with van der Waals surface area (Å²) >= 11 is 3.43. The lowest BCUT2D eigenvalue weighted by atomic mass is 9.67. The van der Waals surface area contributed by atoms with Crippen LogP contribution in [0.5, 0.6) is 0 Å². The molecule has 0 bridgehead atoms. The predicted molar refractivity (Wildman–Crippen MR) is 47.7 cm³/mol. The van der Waals surface area contributed by atoms with Gasteiger partial charge in [0.05, 0.1) is 0 Å². The Morgan fingerprint density at radius 3 is 2.17 bits per heavy atom. The lowest BCUT2D eigenvalue weighted by molar-refractivity contribution is 0.0672. The van der Waals surface area contributed by atoms with E-state index in [2.05, 4.69) is 15.9 Å². The third-order valence-corrected chi connectivity index (χ3v) is 4.52. The molecule has 12 heavy (non-hydrogen) atoms. The molecule has 2 aliphatic carbocycles. The van der Waals surface area contributed by atoms with E-state index in [0.717, 1.165) is 24.6 Å². The first kappa shape index (κ1) is 8.92. The van der Waals surface area contributed by atoms with Gasteiger partial charge in [0.1, 0.15) is 0 Å². The molecule has 70 valence electrons. The molecule has 0 radical (unpaired) electrons. The summed E-state index contributed by atoms with van der Waals surface area (Å²) < 4.78 is 25.2. The number of hydrogen-bond donors (Lipinski definition) is 0. The van der Waals surface area contributed by atoms with Gasteiger partial charge in [0.25, 0.3) is 5.92 Å². The molecular formula is C9H13BrF2. The van der Waals surface area contributed by atoms with E-state index in [0.29, 0.717) is 0 Å².